The van der Waals surface area contributed by atoms with Crippen LogP contribution in [0, 0.1) is 0 Å². The van der Waals surface area contributed by atoms with Crippen LogP contribution in [0.15, 0.2) is 36.9 Å². The monoisotopic (exact) mass is 280 g/mol. The molecule has 0 spiro atoms. The van der Waals surface area contributed by atoms with Gasteiger partial charge in [-0.3, -0.25) is 9.80 Å². The van der Waals surface area contributed by atoms with Crippen LogP contribution in [0.1, 0.15) is 0 Å². The van der Waals surface area contributed by atoms with Crippen molar-refractivity contribution in [3.05, 3.63) is 41.9 Å². The predicted molar refractivity (Wildman–Crippen MR) is 80.0 cm³/mol. The normalized spacial score (nSPS) is 17.3. The van der Waals surface area contributed by atoms with Crippen LogP contribution < -0.4 is 4.74 Å². The molecule has 0 N–H and O–H groups in total. The summed E-state index contributed by atoms with van der Waals surface area (Å²) in [5.41, 5.74) is 0. The van der Waals surface area contributed by atoms with Gasteiger partial charge in [0.05, 0.1) is 5.02 Å². The van der Waals surface area contributed by atoms with E-state index in [-0.39, 0.29) is 0 Å². The topological polar surface area (TPSA) is 15.7 Å². The van der Waals surface area contributed by atoms with Gasteiger partial charge in [0.2, 0.25) is 0 Å². The van der Waals surface area contributed by atoms with E-state index in [2.05, 4.69) is 16.4 Å². The average molecular weight is 281 g/mol. The summed E-state index contributed by atoms with van der Waals surface area (Å²) >= 11 is 6.04. The summed E-state index contributed by atoms with van der Waals surface area (Å²) in [7, 11) is 0. The Bertz CT molecular complexity index is 403. The van der Waals surface area contributed by atoms with Crippen molar-refractivity contribution in [2.24, 2.45) is 0 Å². The summed E-state index contributed by atoms with van der Waals surface area (Å²) in [6.07, 6.45) is 1.97. The molecule has 3 nitrogen and oxygen atoms in total. The zero-order chi connectivity index (χ0) is 13.5. The van der Waals surface area contributed by atoms with E-state index in [9.17, 15) is 0 Å². The fraction of sp³-hybridized carbons (Fsp3) is 0.467. The van der Waals surface area contributed by atoms with Crippen LogP contribution in [0.25, 0.3) is 0 Å². The van der Waals surface area contributed by atoms with Crippen LogP contribution in [0.2, 0.25) is 5.02 Å². The Morgan fingerprint density at radius 3 is 2.53 bits per heavy atom. The van der Waals surface area contributed by atoms with Crippen LogP contribution >= 0.6 is 11.6 Å². The van der Waals surface area contributed by atoms with E-state index in [4.69, 9.17) is 16.3 Å². The number of halogens is 1. The number of nitrogens with zero attached hydrogens (tertiary/aromatic N) is 2. The Balaban J connectivity index is 1.67. The first-order valence-corrected chi connectivity index (χ1v) is 7.10. The molecular formula is C15H21ClN2O. The third kappa shape index (κ3) is 4.53. The van der Waals surface area contributed by atoms with Crippen LogP contribution in [-0.4, -0.2) is 55.7 Å². The molecule has 1 aliphatic heterocycles. The van der Waals surface area contributed by atoms with Gasteiger partial charge in [0, 0.05) is 39.3 Å². The van der Waals surface area contributed by atoms with Crippen LogP contribution in [-0.2, 0) is 0 Å². The van der Waals surface area contributed by atoms with Crippen LogP contribution in [0.3, 0.4) is 0 Å². The number of rotatable bonds is 6. The van der Waals surface area contributed by atoms with Crippen molar-refractivity contribution in [3.63, 3.8) is 0 Å². The van der Waals surface area contributed by atoms with E-state index < -0.39 is 0 Å². The molecule has 2 rings (SSSR count). The molecule has 1 aliphatic rings. The maximum Gasteiger partial charge on any atom is 0.137 e. The molecule has 104 valence electrons. The smallest absolute Gasteiger partial charge is 0.137 e. The first kappa shape index (κ1) is 14.4. The molecule has 0 radical (unpaired) electrons. The minimum absolute atomic E-state index is 0.679. The number of ether oxygens (including phenoxy) is 1. The van der Waals surface area contributed by atoms with Crippen LogP contribution in [0.5, 0.6) is 5.75 Å². The lowest BCUT2D eigenvalue weighted by atomic mass is 10.3. The summed E-state index contributed by atoms with van der Waals surface area (Å²) in [5.74, 6) is 0.773. The first-order valence-electron chi connectivity index (χ1n) is 6.72. The molecule has 0 aromatic heterocycles. The van der Waals surface area contributed by atoms with Gasteiger partial charge in [0.15, 0.2) is 0 Å². The molecule has 0 aliphatic carbocycles. The molecular weight excluding hydrogens is 260 g/mol. The summed E-state index contributed by atoms with van der Waals surface area (Å²) < 4.78 is 5.71. The number of hydrogen-bond donors (Lipinski definition) is 0. The Labute approximate surface area is 120 Å². The Hall–Kier alpha value is -1.03. The highest BCUT2D eigenvalue weighted by molar-refractivity contribution is 6.32. The lowest BCUT2D eigenvalue weighted by Gasteiger charge is -2.33. The van der Waals surface area contributed by atoms with Gasteiger partial charge in [-0.25, -0.2) is 0 Å². The summed E-state index contributed by atoms with van der Waals surface area (Å²) in [5, 5.41) is 0.679. The Morgan fingerprint density at radius 1 is 1.16 bits per heavy atom. The standard InChI is InChI=1S/C15H21ClN2O/c1-2-7-17-8-10-18(11-9-17)12-13-19-15-6-4-3-5-14(15)16/h2-6H,1,7-13H2. The van der Waals surface area contributed by atoms with Crippen molar-refractivity contribution in [1.82, 2.24) is 9.80 Å². The quantitative estimate of drug-likeness (QED) is 0.745. The molecule has 1 aromatic carbocycles. The summed E-state index contributed by atoms with van der Waals surface area (Å²) in [4.78, 5) is 4.84. The van der Waals surface area contributed by atoms with Gasteiger partial charge in [-0.05, 0) is 12.1 Å². The molecule has 0 unspecified atom stereocenters. The third-order valence-electron chi connectivity index (χ3n) is 3.35. The number of para-hydroxylation sites is 1. The number of hydrogen-bond acceptors (Lipinski definition) is 3. The Kier molecular flexibility index (Phi) is 5.70. The van der Waals surface area contributed by atoms with Crippen molar-refractivity contribution in [2.75, 3.05) is 45.9 Å². The number of piperazine rings is 1. The second-order valence-electron chi connectivity index (χ2n) is 4.71. The molecule has 1 fully saturated rings. The molecule has 0 atom stereocenters. The Morgan fingerprint density at radius 2 is 1.84 bits per heavy atom. The lowest BCUT2D eigenvalue weighted by Crippen LogP contribution is -2.47. The molecule has 19 heavy (non-hydrogen) atoms. The van der Waals surface area contributed by atoms with E-state index >= 15 is 0 Å². The molecule has 0 amide bonds. The van der Waals surface area contributed by atoms with Gasteiger partial charge in [0.25, 0.3) is 0 Å². The van der Waals surface area contributed by atoms with Gasteiger partial charge < -0.3 is 4.74 Å². The lowest BCUT2D eigenvalue weighted by molar-refractivity contribution is 0.125. The SMILES string of the molecule is C=CCN1CCN(CCOc2ccccc2Cl)CC1. The van der Waals surface area contributed by atoms with Gasteiger partial charge in [-0.1, -0.05) is 29.8 Å². The second-order valence-corrected chi connectivity index (χ2v) is 5.12. The molecule has 1 aromatic rings. The van der Waals surface area contributed by atoms with Crippen molar-refractivity contribution in [3.8, 4) is 5.75 Å². The van der Waals surface area contributed by atoms with E-state index in [1.54, 1.807) is 0 Å². The van der Waals surface area contributed by atoms with Crippen molar-refractivity contribution in [2.45, 2.75) is 0 Å². The van der Waals surface area contributed by atoms with Gasteiger partial charge in [-0.15, -0.1) is 6.58 Å². The zero-order valence-corrected chi connectivity index (χ0v) is 12.0. The predicted octanol–water partition coefficient (Wildman–Crippen LogP) is 2.52. The maximum absolute atomic E-state index is 6.04. The first-order chi connectivity index (χ1) is 9.29. The molecule has 0 saturated carbocycles. The highest BCUT2D eigenvalue weighted by atomic mass is 35.5. The highest BCUT2D eigenvalue weighted by Gasteiger charge is 2.15. The second kappa shape index (κ2) is 7.53. The largest absolute Gasteiger partial charge is 0.491 e. The highest BCUT2D eigenvalue weighted by Crippen LogP contribution is 2.22. The van der Waals surface area contributed by atoms with E-state index in [1.165, 1.54) is 0 Å². The van der Waals surface area contributed by atoms with Gasteiger partial charge in [-0.2, -0.15) is 0 Å². The van der Waals surface area contributed by atoms with Crippen molar-refractivity contribution < 1.29 is 4.74 Å². The molecule has 4 heteroatoms. The fourth-order valence-electron chi connectivity index (χ4n) is 2.22. The van der Waals surface area contributed by atoms with E-state index in [1.807, 2.05) is 30.3 Å². The minimum Gasteiger partial charge on any atom is -0.491 e. The van der Waals surface area contributed by atoms with Crippen molar-refractivity contribution >= 4 is 11.6 Å². The van der Waals surface area contributed by atoms with E-state index in [0.717, 1.165) is 45.0 Å². The zero-order valence-electron chi connectivity index (χ0n) is 11.2. The van der Waals surface area contributed by atoms with Gasteiger partial charge in [0.1, 0.15) is 12.4 Å². The maximum atomic E-state index is 6.04. The minimum atomic E-state index is 0.679. The molecule has 1 saturated heterocycles. The fourth-order valence-corrected chi connectivity index (χ4v) is 2.41. The third-order valence-corrected chi connectivity index (χ3v) is 3.67. The summed E-state index contributed by atoms with van der Waals surface area (Å²) in [6, 6.07) is 7.61. The average Bonchev–Trinajstić information content (AvgIpc) is 2.43. The van der Waals surface area contributed by atoms with Crippen LogP contribution in [0.4, 0.5) is 0 Å². The summed E-state index contributed by atoms with van der Waals surface area (Å²) in [6.45, 7) is 10.8. The van der Waals surface area contributed by atoms with Crippen molar-refractivity contribution in [1.29, 1.82) is 0 Å². The molecule has 1 heterocycles. The number of benzene rings is 1. The molecule has 0 bridgehead atoms. The van der Waals surface area contributed by atoms with Gasteiger partial charge >= 0.3 is 0 Å². The van der Waals surface area contributed by atoms with E-state index in [0.29, 0.717) is 11.6 Å².